The second-order valence-electron chi connectivity index (χ2n) is 3.54. The van der Waals surface area contributed by atoms with Crippen LogP contribution in [-0.4, -0.2) is 30.6 Å². The molecule has 0 spiro atoms. The Balaban J connectivity index is 2.53. The second-order valence-corrected chi connectivity index (χ2v) is 3.54. The van der Waals surface area contributed by atoms with Crippen molar-refractivity contribution in [3.8, 4) is 11.8 Å². The maximum atomic E-state index is 11.5. The largest absolute Gasteiger partial charge is 0.372 e. The predicted molar refractivity (Wildman–Crippen MR) is 69.9 cm³/mol. The first-order valence-corrected chi connectivity index (χ1v) is 5.79. The van der Waals surface area contributed by atoms with E-state index in [0.717, 1.165) is 12.0 Å². The third-order valence-corrected chi connectivity index (χ3v) is 1.94. The van der Waals surface area contributed by atoms with Crippen molar-refractivity contribution in [2.24, 2.45) is 5.73 Å². The summed E-state index contributed by atoms with van der Waals surface area (Å²) < 4.78 is 5.13. The van der Waals surface area contributed by atoms with E-state index in [4.69, 9.17) is 10.5 Å². The molecule has 1 heterocycles. The minimum atomic E-state index is -0.222. The lowest BCUT2D eigenvalue weighted by Gasteiger charge is -2.04. The van der Waals surface area contributed by atoms with E-state index >= 15 is 0 Å². The van der Waals surface area contributed by atoms with Crippen LogP contribution in [-0.2, 0) is 9.53 Å². The van der Waals surface area contributed by atoms with Crippen molar-refractivity contribution in [2.75, 3.05) is 25.1 Å². The Bertz CT molecular complexity index is 449. The van der Waals surface area contributed by atoms with E-state index in [1.807, 2.05) is 6.92 Å². The van der Waals surface area contributed by atoms with Gasteiger partial charge in [0.25, 0.3) is 5.91 Å². The van der Waals surface area contributed by atoms with E-state index in [0.29, 0.717) is 19.0 Å². The smallest absolute Gasteiger partial charge is 0.251 e. The lowest BCUT2D eigenvalue weighted by Crippen LogP contribution is -2.19. The number of hydrogen-bond acceptors (Lipinski definition) is 4. The van der Waals surface area contributed by atoms with Gasteiger partial charge < -0.3 is 15.8 Å². The number of nitrogens with two attached hydrogens (primary N) is 1. The molecule has 0 atom stereocenters. The third kappa shape index (κ3) is 5.43. The highest BCUT2D eigenvalue weighted by atomic mass is 16.5. The van der Waals surface area contributed by atoms with Crippen LogP contribution in [0.25, 0.3) is 0 Å². The molecular weight excluding hydrogens is 230 g/mol. The molecule has 0 bridgehead atoms. The number of amides is 1. The Hall–Kier alpha value is -1.90. The van der Waals surface area contributed by atoms with Gasteiger partial charge >= 0.3 is 0 Å². The van der Waals surface area contributed by atoms with Crippen molar-refractivity contribution in [2.45, 2.75) is 13.3 Å². The van der Waals surface area contributed by atoms with Gasteiger partial charge in [0.05, 0.1) is 6.54 Å². The quantitative estimate of drug-likeness (QED) is 0.595. The van der Waals surface area contributed by atoms with Crippen molar-refractivity contribution in [3.05, 3.63) is 23.9 Å². The molecule has 0 unspecified atom stereocenters. The molecule has 0 fully saturated rings. The molecule has 0 aliphatic carbocycles. The molecule has 96 valence electrons. The predicted octanol–water partition coefficient (Wildman–Crippen LogP) is 0.757. The summed E-state index contributed by atoms with van der Waals surface area (Å²) in [5.41, 5.74) is 6.05. The highest BCUT2D eigenvalue weighted by molar-refractivity contribution is 5.90. The van der Waals surface area contributed by atoms with Crippen molar-refractivity contribution >= 4 is 11.7 Å². The zero-order valence-corrected chi connectivity index (χ0v) is 10.4. The van der Waals surface area contributed by atoms with Crippen LogP contribution < -0.4 is 11.1 Å². The summed E-state index contributed by atoms with van der Waals surface area (Å²) in [6.45, 7) is 2.89. The van der Waals surface area contributed by atoms with Crippen LogP contribution in [0.5, 0.6) is 0 Å². The van der Waals surface area contributed by atoms with Crippen molar-refractivity contribution < 1.29 is 9.53 Å². The average Bonchev–Trinajstić information content (AvgIpc) is 2.37. The normalized spacial score (nSPS) is 9.44. The van der Waals surface area contributed by atoms with Crippen molar-refractivity contribution in [3.63, 3.8) is 0 Å². The van der Waals surface area contributed by atoms with Gasteiger partial charge in [-0.15, -0.1) is 0 Å². The van der Waals surface area contributed by atoms with Gasteiger partial charge in [-0.25, -0.2) is 4.98 Å². The second kappa shape index (κ2) is 8.23. The molecule has 0 saturated carbocycles. The molecule has 5 nitrogen and oxygen atoms in total. The molecular formula is C13H17N3O2. The van der Waals surface area contributed by atoms with Gasteiger partial charge in [-0.05, 0) is 18.6 Å². The van der Waals surface area contributed by atoms with Crippen LogP contribution in [0.4, 0.5) is 5.82 Å². The van der Waals surface area contributed by atoms with E-state index in [-0.39, 0.29) is 12.5 Å². The van der Waals surface area contributed by atoms with Gasteiger partial charge in [-0.1, -0.05) is 18.8 Å². The Morgan fingerprint density at radius 1 is 1.61 bits per heavy atom. The number of rotatable bonds is 5. The van der Waals surface area contributed by atoms with Crippen LogP contribution in [0.1, 0.15) is 18.9 Å². The highest BCUT2D eigenvalue weighted by Gasteiger charge is 2.03. The minimum absolute atomic E-state index is 0.0359. The molecule has 0 aliphatic rings. The van der Waals surface area contributed by atoms with Gasteiger partial charge in [-0.3, -0.25) is 4.79 Å². The summed E-state index contributed by atoms with van der Waals surface area (Å²) in [4.78, 5) is 15.5. The van der Waals surface area contributed by atoms with E-state index in [1.165, 1.54) is 0 Å². The Morgan fingerprint density at radius 3 is 3.17 bits per heavy atom. The zero-order chi connectivity index (χ0) is 13.2. The molecule has 0 saturated heterocycles. The first kappa shape index (κ1) is 14.2. The van der Waals surface area contributed by atoms with E-state index < -0.39 is 0 Å². The maximum absolute atomic E-state index is 11.5. The van der Waals surface area contributed by atoms with Gasteiger partial charge in [0.1, 0.15) is 12.4 Å². The zero-order valence-electron chi connectivity index (χ0n) is 10.4. The van der Waals surface area contributed by atoms with Crippen LogP contribution in [0.15, 0.2) is 18.3 Å². The topological polar surface area (TPSA) is 77.2 Å². The first-order chi connectivity index (χ1) is 8.76. The number of carbonyl (C=O) groups is 1. The molecule has 5 heteroatoms. The minimum Gasteiger partial charge on any atom is -0.372 e. The molecule has 1 amide bonds. The number of pyridine rings is 1. The summed E-state index contributed by atoms with van der Waals surface area (Å²) in [6.07, 6.45) is 2.47. The molecule has 1 rings (SSSR count). The Morgan fingerprint density at radius 2 is 2.44 bits per heavy atom. The summed E-state index contributed by atoms with van der Waals surface area (Å²) in [6, 6.07) is 3.45. The number of carbonyl (C=O) groups excluding carboxylic acids is 1. The number of hydrogen-bond donors (Lipinski definition) is 2. The maximum Gasteiger partial charge on any atom is 0.251 e. The number of anilines is 1. The number of nitrogens with zero attached hydrogens (tertiary/aromatic N) is 1. The van der Waals surface area contributed by atoms with Gasteiger partial charge in [0, 0.05) is 18.4 Å². The molecule has 0 aromatic carbocycles. The fourth-order valence-corrected chi connectivity index (χ4v) is 1.22. The number of ether oxygens (including phenoxy) is 1. The lowest BCUT2D eigenvalue weighted by molar-refractivity contribution is -0.120. The van der Waals surface area contributed by atoms with Crippen LogP contribution >= 0.6 is 0 Å². The lowest BCUT2D eigenvalue weighted by atomic mass is 10.2. The highest BCUT2D eigenvalue weighted by Crippen LogP contribution is 2.05. The SMILES string of the molecule is CCCOCC(=O)Nc1cc(C#CCN)ccn1. The Kier molecular flexibility index (Phi) is 6.47. The fourth-order valence-electron chi connectivity index (χ4n) is 1.22. The average molecular weight is 247 g/mol. The molecule has 0 aliphatic heterocycles. The summed E-state index contributed by atoms with van der Waals surface area (Å²) in [5.74, 6) is 5.85. The molecule has 0 radical (unpaired) electrons. The van der Waals surface area contributed by atoms with E-state index in [9.17, 15) is 4.79 Å². The summed E-state index contributed by atoms with van der Waals surface area (Å²) >= 11 is 0. The van der Waals surface area contributed by atoms with Crippen molar-refractivity contribution in [1.82, 2.24) is 4.98 Å². The monoisotopic (exact) mass is 247 g/mol. The molecule has 3 N–H and O–H groups in total. The van der Waals surface area contributed by atoms with E-state index in [1.54, 1.807) is 18.3 Å². The first-order valence-electron chi connectivity index (χ1n) is 5.79. The third-order valence-electron chi connectivity index (χ3n) is 1.94. The molecule has 1 aromatic rings. The standard InChI is InChI=1S/C13H17N3O2/c1-2-8-18-10-13(17)16-12-9-11(4-3-6-14)5-7-15-12/h5,7,9H,2,6,8,10,14H2,1H3,(H,15,16,17). The summed E-state index contributed by atoms with van der Waals surface area (Å²) in [7, 11) is 0. The van der Waals surface area contributed by atoms with Crippen LogP contribution in [0, 0.1) is 11.8 Å². The van der Waals surface area contributed by atoms with Crippen LogP contribution in [0.3, 0.4) is 0 Å². The molecule has 1 aromatic heterocycles. The van der Waals surface area contributed by atoms with Gasteiger partial charge in [0.2, 0.25) is 0 Å². The van der Waals surface area contributed by atoms with E-state index in [2.05, 4.69) is 22.1 Å². The number of aromatic nitrogens is 1. The number of nitrogens with one attached hydrogen (secondary N) is 1. The fraction of sp³-hybridized carbons (Fsp3) is 0.385. The molecule has 18 heavy (non-hydrogen) atoms. The van der Waals surface area contributed by atoms with Crippen molar-refractivity contribution in [1.29, 1.82) is 0 Å². The van der Waals surface area contributed by atoms with Crippen LogP contribution in [0.2, 0.25) is 0 Å². The summed E-state index contributed by atoms with van der Waals surface area (Å²) in [5, 5.41) is 2.64. The van der Waals surface area contributed by atoms with Gasteiger partial charge in [-0.2, -0.15) is 0 Å². The Labute approximate surface area is 107 Å². The van der Waals surface area contributed by atoms with Gasteiger partial charge in [0.15, 0.2) is 0 Å².